The highest BCUT2D eigenvalue weighted by Crippen LogP contribution is 2.11. The Labute approximate surface area is 121 Å². The fourth-order valence-corrected chi connectivity index (χ4v) is 2.53. The van der Waals surface area contributed by atoms with Crippen molar-refractivity contribution in [2.24, 2.45) is 0 Å². The summed E-state index contributed by atoms with van der Waals surface area (Å²) < 4.78 is 1.89. The standard InChI is InChI=1S/C16H15N5/c1-2-6-14-13(5-1)19-16(20-14)11-17-9-12-10-18-21-8-4-3-7-15(12)21/h1-8,10,17H,9,11H2,(H,19,20). The van der Waals surface area contributed by atoms with Crippen LogP contribution in [-0.4, -0.2) is 19.6 Å². The van der Waals surface area contributed by atoms with Gasteiger partial charge in [-0.05, 0) is 24.3 Å². The second-order valence-corrected chi connectivity index (χ2v) is 5.00. The maximum Gasteiger partial charge on any atom is 0.121 e. The highest BCUT2D eigenvalue weighted by atomic mass is 15.2. The van der Waals surface area contributed by atoms with E-state index in [-0.39, 0.29) is 0 Å². The number of aromatic nitrogens is 4. The van der Waals surface area contributed by atoms with Gasteiger partial charge in [0.05, 0.1) is 29.3 Å². The number of imidazole rings is 1. The van der Waals surface area contributed by atoms with Crippen LogP contribution in [0.15, 0.2) is 54.9 Å². The molecule has 21 heavy (non-hydrogen) atoms. The molecule has 0 fully saturated rings. The molecule has 0 aliphatic rings. The molecule has 0 spiro atoms. The molecule has 104 valence electrons. The number of hydrogen-bond donors (Lipinski definition) is 2. The molecule has 0 atom stereocenters. The average Bonchev–Trinajstić information content (AvgIpc) is 3.11. The lowest BCUT2D eigenvalue weighted by Crippen LogP contribution is -2.13. The average molecular weight is 277 g/mol. The zero-order valence-electron chi connectivity index (χ0n) is 11.5. The van der Waals surface area contributed by atoms with Gasteiger partial charge < -0.3 is 10.3 Å². The molecule has 5 heteroatoms. The van der Waals surface area contributed by atoms with Crippen LogP contribution in [0.1, 0.15) is 11.4 Å². The van der Waals surface area contributed by atoms with Crippen LogP contribution in [0.4, 0.5) is 0 Å². The largest absolute Gasteiger partial charge is 0.341 e. The van der Waals surface area contributed by atoms with E-state index in [4.69, 9.17) is 0 Å². The number of nitrogens with zero attached hydrogens (tertiary/aromatic N) is 3. The monoisotopic (exact) mass is 277 g/mol. The van der Waals surface area contributed by atoms with Crippen molar-refractivity contribution in [1.29, 1.82) is 0 Å². The lowest BCUT2D eigenvalue weighted by molar-refractivity contribution is 0.673. The molecule has 0 aliphatic heterocycles. The van der Waals surface area contributed by atoms with Crippen LogP contribution in [0.25, 0.3) is 16.6 Å². The minimum atomic E-state index is 0.707. The van der Waals surface area contributed by atoms with E-state index in [1.165, 1.54) is 5.56 Å². The van der Waals surface area contributed by atoms with Crippen molar-refractivity contribution in [3.8, 4) is 0 Å². The van der Waals surface area contributed by atoms with E-state index in [2.05, 4.69) is 26.4 Å². The van der Waals surface area contributed by atoms with Gasteiger partial charge in [0.25, 0.3) is 0 Å². The summed E-state index contributed by atoms with van der Waals surface area (Å²) in [5, 5.41) is 7.74. The van der Waals surface area contributed by atoms with Gasteiger partial charge in [0.15, 0.2) is 0 Å². The molecular formula is C16H15N5. The predicted molar refractivity (Wildman–Crippen MR) is 81.8 cm³/mol. The van der Waals surface area contributed by atoms with E-state index in [9.17, 15) is 0 Å². The molecule has 4 rings (SSSR count). The second kappa shape index (κ2) is 5.03. The molecule has 0 radical (unpaired) electrons. The minimum absolute atomic E-state index is 0.707. The Morgan fingerprint density at radius 3 is 2.90 bits per heavy atom. The van der Waals surface area contributed by atoms with Crippen molar-refractivity contribution >= 4 is 16.6 Å². The maximum absolute atomic E-state index is 4.55. The van der Waals surface area contributed by atoms with Crippen LogP contribution in [0, 0.1) is 0 Å². The third kappa shape index (κ3) is 2.28. The fourth-order valence-electron chi connectivity index (χ4n) is 2.53. The number of rotatable bonds is 4. The number of benzene rings is 1. The zero-order chi connectivity index (χ0) is 14.1. The first-order valence-corrected chi connectivity index (χ1v) is 6.96. The zero-order valence-corrected chi connectivity index (χ0v) is 11.5. The summed E-state index contributed by atoms with van der Waals surface area (Å²) in [6.07, 6.45) is 3.86. The van der Waals surface area contributed by atoms with Gasteiger partial charge in [0.2, 0.25) is 0 Å². The van der Waals surface area contributed by atoms with E-state index in [1.54, 1.807) is 0 Å². The van der Waals surface area contributed by atoms with E-state index in [0.29, 0.717) is 6.54 Å². The van der Waals surface area contributed by atoms with Crippen LogP contribution in [0.2, 0.25) is 0 Å². The highest BCUT2D eigenvalue weighted by molar-refractivity contribution is 5.74. The maximum atomic E-state index is 4.55. The number of fused-ring (bicyclic) bond motifs is 2. The summed E-state index contributed by atoms with van der Waals surface area (Å²) in [4.78, 5) is 7.87. The van der Waals surface area contributed by atoms with E-state index >= 15 is 0 Å². The van der Waals surface area contributed by atoms with Gasteiger partial charge in [-0.25, -0.2) is 9.50 Å². The Hall–Kier alpha value is -2.66. The Balaban J connectivity index is 1.47. The highest BCUT2D eigenvalue weighted by Gasteiger charge is 2.04. The molecule has 5 nitrogen and oxygen atoms in total. The summed E-state index contributed by atoms with van der Waals surface area (Å²) in [6.45, 7) is 1.48. The van der Waals surface area contributed by atoms with Crippen LogP contribution in [0.3, 0.4) is 0 Å². The third-order valence-electron chi connectivity index (χ3n) is 3.55. The Kier molecular flexibility index (Phi) is 2.90. The van der Waals surface area contributed by atoms with Gasteiger partial charge in [-0.1, -0.05) is 18.2 Å². The molecule has 2 N–H and O–H groups in total. The van der Waals surface area contributed by atoms with Gasteiger partial charge >= 0.3 is 0 Å². The Morgan fingerprint density at radius 2 is 1.95 bits per heavy atom. The van der Waals surface area contributed by atoms with Crippen LogP contribution in [-0.2, 0) is 13.1 Å². The van der Waals surface area contributed by atoms with Crippen molar-refractivity contribution in [2.75, 3.05) is 0 Å². The van der Waals surface area contributed by atoms with Gasteiger partial charge in [-0.3, -0.25) is 0 Å². The smallest absolute Gasteiger partial charge is 0.121 e. The number of para-hydroxylation sites is 2. The van der Waals surface area contributed by atoms with Crippen molar-refractivity contribution in [2.45, 2.75) is 13.1 Å². The fraction of sp³-hybridized carbons (Fsp3) is 0.125. The number of aromatic amines is 1. The molecule has 0 aliphatic carbocycles. The number of nitrogens with one attached hydrogen (secondary N) is 2. The van der Waals surface area contributed by atoms with Gasteiger partial charge in [0, 0.05) is 18.3 Å². The van der Waals surface area contributed by atoms with Crippen LogP contribution >= 0.6 is 0 Å². The second-order valence-electron chi connectivity index (χ2n) is 5.00. The molecule has 1 aromatic carbocycles. The first kappa shape index (κ1) is 12.1. The van der Waals surface area contributed by atoms with Crippen LogP contribution in [0.5, 0.6) is 0 Å². The first-order valence-electron chi connectivity index (χ1n) is 6.96. The lowest BCUT2D eigenvalue weighted by atomic mass is 10.2. The molecule has 0 bridgehead atoms. The summed E-state index contributed by atoms with van der Waals surface area (Å²) in [6, 6.07) is 14.1. The molecule has 0 saturated carbocycles. The van der Waals surface area contributed by atoms with Crippen molar-refractivity contribution in [3.05, 3.63) is 66.2 Å². The minimum Gasteiger partial charge on any atom is -0.341 e. The number of pyridine rings is 1. The van der Waals surface area contributed by atoms with Crippen molar-refractivity contribution in [1.82, 2.24) is 24.9 Å². The van der Waals surface area contributed by atoms with E-state index in [1.807, 2.05) is 53.3 Å². The third-order valence-corrected chi connectivity index (χ3v) is 3.55. The summed E-state index contributed by atoms with van der Waals surface area (Å²) in [5.41, 5.74) is 4.40. The van der Waals surface area contributed by atoms with Crippen molar-refractivity contribution < 1.29 is 0 Å². The van der Waals surface area contributed by atoms with Gasteiger partial charge in [-0.2, -0.15) is 5.10 Å². The molecule has 0 unspecified atom stereocenters. The number of hydrogen-bond acceptors (Lipinski definition) is 3. The summed E-state index contributed by atoms with van der Waals surface area (Å²) >= 11 is 0. The molecule has 4 aromatic rings. The first-order chi connectivity index (χ1) is 10.4. The topological polar surface area (TPSA) is 58.0 Å². The normalized spacial score (nSPS) is 11.4. The Morgan fingerprint density at radius 1 is 1.05 bits per heavy atom. The van der Waals surface area contributed by atoms with E-state index in [0.717, 1.165) is 28.9 Å². The summed E-state index contributed by atoms with van der Waals surface area (Å²) in [5.74, 6) is 0.952. The SMILES string of the molecule is c1ccc2[nH]c(CNCc3cnn4ccccc34)nc2c1. The molecular weight excluding hydrogens is 262 g/mol. The van der Waals surface area contributed by atoms with E-state index < -0.39 is 0 Å². The van der Waals surface area contributed by atoms with Gasteiger partial charge in [-0.15, -0.1) is 0 Å². The quantitative estimate of drug-likeness (QED) is 0.602. The summed E-state index contributed by atoms with van der Waals surface area (Å²) in [7, 11) is 0. The molecule has 0 saturated heterocycles. The molecule has 3 heterocycles. The predicted octanol–water partition coefficient (Wildman–Crippen LogP) is 2.50. The van der Waals surface area contributed by atoms with Crippen LogP contribution < -0.4 is 5.32 Å². The lowest BCUT2D eigenvalue weighted by Gasteiger charge is -2.01. The van der Waals surface area contributed by atoms with Crippen molar-refractivity contribution in [3.63, 3.8) is 0 Å². The molecule has 0 amide bonds. The Bertz CT molecular complexity index is 857. The molecule has 3 aromatic heterocycles. The van der Waals surface area contributed by atoms with Gasteiger partial charge in [0.1, 0.15) is 5.82 Å². The number of H-pyrrole nitrogens is 1.